The standard InChI is InChI=1S/C23H28N2O5S/c1-4-23(2,3)15-8-10-21-19(12-15)20-13-16(9-11-22(20)30-21)24-31(28,29)18-7-5-6-17(14-18)25(26)27/h5-7,9,11,13-15,19,21,24H,4,8,10,12H2,1-3H3/t15-,19+,21+/m1/s1. The number of fused-ring (bicyclic) bond motifs is 3. The number of non-ortho nitro benzene ring substituents is 1. The molecule has 8 heteroatoms. The Morgan fingerprint density at radius 1 is 1.19 bits per heavy atom. The number of nitro benzene ring substituents is 1. The summed E-state index contributed by atoms with van der Waals surface area (Å²) in [4.78, 5) is 10.2. The van der Waals surface area contributed by atoms with Gasteiger partial charge in [-0.25, -0.2) is 8.42 Å². The van der Waals surface area contributed by atoms with Crippen LogP contribution in [0.25, 0.3) is 0 Å². The molecule has 3 atom stereocenters. The van der Waals surface area contributed by atoms with E-state index in [-0.39, 0.29) is 28.0 Å². The van der Waals surface area contributed by atoms with Crippen LogP contribution in [0.1, 0.15) is 57.9 Å². The summed E-state index contributed by atoms with van der Waals surface area (Å²) < 4.78 is 34.4. The zero-order valence-electron chi connectivity index (χ0n) is 18.0. The van der Waals surface area contributed by atoms with Crippen molar-refractivity contribution in [2.24, 2.45) is 11.3 Å². The van der Waals surface area contributed by atoms with Gasteiger partial charge in [-0.05, 0) is 54.9 Å². The first-order chi connectivity index (χ1) is 14.6. The number of nitrogens with zero attached hydrogens (tertiary/aromatic N) is 1. The normalized spacial score (nSPS) is 22.9. The molecule has 1 fully saturated rings. The lowest BCUT2D eigenvalue weighted by Crippen LogP contribution is -2.34. The fraction of sp³-hybridized carbons (Fsp3) is 0.478. The van der Waals surface area contributed by atoms with E-state index in [2.05, 4.69) is 25.5 Å². The van der Waals surface area contributed by atoms with E-state index in [9.17, 15) is 18.5 Å². The molecule has 1 N–H and O–H groups in total. The second-order valence-electron chi connectivity index (χ2n) is 9.23. The van der Waals surface area contributed by atoms with Crippen molar-refractivity contribution in [2.45, 2.75) is 63.4 Å². The highest BCUT2D eigenvalue weighted by atomic mass is 32.2. The van der Waals surface area contributed by atoms with Gasteiger partial charge in [-0.2, -0.15) is 0 Å². The monoisotopic (exact) mass is 444 g/mol. The molecule has 0 spiro atoms. The van der Waals surface area contributed by atoms with Crippen molar-refractivity contribution in [2.75, 3.05) is 4.72 Å². The summed E-state index contributed by atoms with van der Waals surface area (Å²) in [5.74, 6) is 1.67. The molecule has 0 radical (unpaired) electrons. The van der Waals surface area contributed by atoms with Gasteiger partial charge in [-0.1, -0.05) is 33.3 Å². The molecule has 0 bridgehead atoms. The van der Waals surface area contributed by atoms with E-state index in [1.165, 1.54) is 18.2 Å². The fourth-order valence-electron chi connectivity index (χ4n) is 4.76. The lowest BCUT2D eigenvalue weighted by atomic mass is 9.65. The Morgan fingerprint density at radius 3 is 2.68 bits per heavy atom. The summed E-state index contributed by atoms with van der Waals surface area (Å²) in [5.41, 5.74) is 1.47. The molecule has 0 aromatic heterocycles. The van der Waals surface area contributed by atoms with Crippen molar-refractivity contribution >= 4 is 21.4 Å². The first kappa shape index (κ1) is 21.6. The SMILES string of the molecule is CCC(C)(C)[C@@H]1CC[C@@H]2Oc3ccc(NS(=O)(=O)c4cccc([N+](=O)[O-])c4)cc3[C@@H]2C1. The number of hydrogen-bond acceptors (Lipinski definition) is 5. The first-order valence-corrected chi connectivity index (χ1v) is 12.2. The number of anilines is 1. The van der Waals surface area contributed by atoms with Crippen LogP contribution >= 0.6 is 0 Å². The second-order valence-corrected chi connectivity index (χ2v) is 10.9. The number of nitrogens with one attached hydrogen (secondary N) is 1. The van der Waals surface area contributed by atoms with E-state index in [0.717, 1.165) is 43.1 Å². The van der Waals surface area contributed by atoms with Crippen molar-refractivity contribution in [3.8, 4) is 5.75 Å². The maximum atomic E-state index is 12.8. The van der Waals surface area contributed by atoms with Crippen LogP contribution in [0.15, 0.2) is 47.4 Å². The maximum absolute atomic E-state index is 12.8. The summed E-state index contributed by atoms with van der Waals surface area (Å²) in [6, 6.07) is 10.4. The summed E-state index contributed by atoms with van der Waals surface area (Å²) in [5, 5.41) is 11.0. The van der Waals surface area contributed by atoms with Gasteiger partial charge in [0.15, 0.2) is 0 Å². The van der Waals surface area contributed by atoms with Gasteiger partial charge in [0.05, 0.1) is 9.82 Å². The molecule has 1 aliphatic carbocycles. The van der Waals surface area contributed by atoms with Crippen LogP contribution in [-0.4, -0.2) is 19.4 Å². The summed E-state index contributed by atoms with van der Waals surface area (Å²) in [6.07, 6.45) is 4.43. The Labute approximate surface area is 183 Å². The quantitative estimate of drug-likeness (QED) is 0.470. The van der Waals surface area contributed by atoms with E-state index in [4.69, 9.17) is 4.74 Å². The third-order valence-corrected chi connectivity index (χ3v) is 8.46. The molecule has 0 unspecified atom stereocenters. The molecular weight excluding hydrogens is 416 g/mol. The fourth-order valence-corrected chi connectivity index (χ4v) is 5.85. The Hall–Kier alpha value is -2.61. The highest BCUT2D eigenvalue weighted by molar-refractivity contribution is 7.92. The molecule has 1 heterocycles. The van der Waals surface area contributed by atoms with Crippen molar-refractivity contribution in [1.82, 2.24) is 0 Å². The predicted molar refractivity (Wildman–Crippen MR) is 119 cm³/mol. The van der Waals surface area contributed by atoms with Crippen molar-refractivity contribution in [1.29, 1.82) is 0 Å². The van der Waals surface area contributed by atoms with Gasteiger partial charge in [-0.15, -0.1) is 0 Å². The number of sulfonamides is 1. The molecule has 0 amide bonds. The predicted octanol–water partition coefficient (Wildman–Crippen LogP) is 5.48. The van der Waals surface area contributed by atoms with Gasteiger partial charge in [0.1, 0.15) is 11.9 Å². The highest BCUT2D eigenvalue weighted by Gasteiger charge is 2.43. The van der Waals surface area contributed by atoms with Crippen LogP contribution in [0.5, 0.6) is 5.75 Å². The molecule has 1 aliphatic heterocycles. The van der Waals surface area contributed by atoms with Crippen LogP contribution in [0.3, 0.4) is 0 Å². The van der Waals surface area contributed by atoms with Gasteiger partial charge >= 0.3 is 0 Å². The molecule has 4 rings (SSSR count). The Balaban J connectivity index is 1.59. The van der Waals surface area contributed by atoms with Crippen molar-refractivity contribution in [3.63, 3.8) is 0 Å². The minimum absolute atomic E-state index is 0.140. The topological polar surface area (TPSA) is 98.5 Å². The van der Waals surface area contributed by atoms with E-state index in [1.807, 2.05) is 12.1 Å². The third-order valence-electron chi connectivity index (χ3n) is 7.08. The maximum Gasteiger partial charge on any atom is 0.270 e. The van der Waals surface area contributed by atoms with Crippen LogP contribution in [0.2, 0.25) is 0 Å². The minimum atomic E-state index is -3.95. The van der Waals surface area contributed by atoms with Gasteiger partial charge in [0.25, 0.3) is 15.7 Å². The van der Waals surface area contributed by atoms with Gasteiger partial charge in [-0.3, -0.25) is 14.8 Å². The summed E-state index contributed by atoms with van der Waals surface area (Å²) >= 11 is 0. The number of ether oxygens (including phenoxy) is 1. The molecule has 2 aliphatic rings. The van der Waals surface area contributed by atoms with Crippen molar-refractivity contribution in [3.05, 3.63) is 58.1 Å². The molecule has 31 heavy (non-hydrogen) atoms. The molecule has 2 aromatic rings. The number of rotatable bonds is 6. The average Bonchev–Trinajstić information content (AvgIpc) is 3.11. The first-order valence-electron chi connectivity index (χ1n) is 10.7. The van der Waals surface area contributed by atoms with Crippen molar-refractivity contribution < 1.29 is 18.1 Å². The molecule has 2 aromatic carbocycles. The van der Waals surface area contributed by atoms with Crippen LogP contribution in [0.4, 0.5) is 11.4 Å². The molecule has 1 saturated carbocycles. The van der Waals surface area contributed by atoms with Gasteiger partial charge in [0, 0.05) is 29.3 Å². The second kappa shape index (κ2) is 7.82. The van der Waals surface area contributed by atoms with Crippen LogP contribution in [0, 0.1) is 21.4 Å². The van der Waals surface area contributed by atoms with E-state index >= 15 is 0 Å². The zero-order valence-corrected chi connectivity index (χ0v) is 18.8. The van der Waals surface area contributed by atoms with Gasteiger partial charge in [0.2, 0.25) is 0 Å². The average molecular weight is 445 g/mol. The van der Waals surface area contributed by atoms with Crippen LogP contribution in [-0.2, 0) is 10.0 Å². The molecule has 166 valence electrons. The lowest BCUT2D eigenvalue weighted by molar-refractivity contribution is -0.385. The molecule has 0 saturated heterocycles. The van der Waals surface area contributed by atoms with E-state index in [0.29, 0.717) is 11.6 Å². The largest absolute Gasteiger partial charge is 0.489 e. The molecule has 7 nitrogen and oxygen atoms in total. The Bertz CT molecular complexity index is 1110. The number of hydrogen-bond donors (Lipinski definition) is 1. The summed E-state index contributed by atoms with van der Waals surface area (Å²) in [7, 11) is -3.95. The zero-order chi connectivity index (χ0) is 22.4. The highest BCUT2D eigenvalue weighted by Crippen LogP contribution is 2.52. The van der Waals surface area contributed by atoms with Crippen LogP contribution < -0.4 is 9.46 Å². The minimum Gasteiger partial charge on any atom is -0.489 e. The lowest BCUT2D eigenvalue weighted by Gasteiger charge is -2.40. The van der Waals surface area contributed by atoms with E-state index in [1.54, 1.807) is 6.07 Å². The Kier molecular flexibility index (Phi) is 5.45. The smallest absolute Gasteiger partial charge is 0.270 e. The summed E-state index contributed by atoms with van der Waals surface area (Å²) in [6.45, 7) is 6.86. The Morgan fingerprint density at radius 2 is 1.97 bits per heavy atom. The number of benzene rings is 2. The number of nitro groups is 1. The van der Waals surface area contributed by atoms with E-state index < -0.39 is 14.9 Å². The third kappa shape index (κ3) is 4.13. The molecular formula is C23H28N2O5S. The van der Waals surface area contributed by atoms with Gasteiger partial charge < -0.3 is 4.74 Å².